The average molecular weight is 170 g/mol. The van der Waals surface area contributed by atoms with Crippen LogP contribution in [-0.2, 0) is 0 Å². The summed E-state index contributed by atoms with van der Waals surface area (Å²) in [5, 5.41) is 3.54. The van der Waals surface area contributed by atoms with Crippen LogP contribution in [0, 0.1) is 0 Å². The van der Waals surface area contributed by atoms with Crippen molar-refractivity contribution < 1.29 is 0 Å². The zero-order valence-electron chi connectivity index (χ0n) is 8.40. The second-order valence-corrected chi connectivity index (χ2v) is 4.11. The third kappa shape index (κ3) is 2.46. The third-order valence-corrected chi connectivity index (χ3v) is 3.08. The van der Waals surface area contributed by atoms with Crippen molar-refractivity contribution >= 4 is 0 Å². The van der Waals surface area contributed by atoms with Crippen LogP contribution in [0.3, 0.4) is 0 Å². The molecular weight excluding hydrogens is 148 g/mol. The van der Waals surface area contributed by atoms with Crippen LogP contribution in [-0.4, -0.2) is 18.1 Å². The monoisotopic (exact) mass is 170 g/mol. The Labute approximate surface area is 75.9 Å². The van der Waals surface area contributed by atoms with Crippen molar-refractivity contribution in [2.24, 2.45) is 5.73 Å². The van der Waals surface area contributed by atoms with Crippen molar-refractivity contribution in [3.8, 4) is 0 Å². The minimum absolute atomic E-state index is 0.141. The molecule has 1 aliphatic carbocycles. The van der Waals surface area contributed by atoms with E-state index in [0.717, 1.165) is 6.54 Å². The van der Waals surface area contributed by atoms with E-state index in [0.29, 0.717) is 6.04 Å². The van der Waals surface area contributed by atoms with Crippen molar-refractivity contribution in [2.45, 2.75) is 57.5 Å². The lowest BCUT2D eigenvalue weighted by Crippen LogP contribution is -2.55. The maximum absolute atomic E-state index is 6.10. The summed E-state index contributed by atoms with van der Waals surface area (Å²) in [5.41, 5.74) is 6.24. The first-order valence-corrected chi connectivity index (χ1v) is 5.22. The lowest BCUT2D eigenvalue weighted by Gasteiger charge is -2.39. The van der Waals surface area contributed by atoms with E-state index in [-0.39, 0.29) is 5.54 Å². The summed E-state index contributed by atoms with van der Waals surface area (Å²) in [7, 11) is 0. The summed E-state index contributed by atoms with van der Waals surface area (Å²) in [5.74, 6) is 0. The number of nitrogens with two attached hydrogens (primary N) is 1. The Morgan fingerprint density at radius 2 is 1.92 bits per heavy atom. The van der Waals surface area contributed by atoms with Crippen LogP contribution in [0.1, 0.15) is 46.0 Å². The van der Waals surface area contributed by atoms with Gasteiger partial charge in [-0.1, -0.05) is 13.8 Å². The van der Waals surface area contributed by atoms with Gasteiger partial charge in [0.25, 0.3) is 0 Å². The highest BCUT2D eigenvalue weighted by atomic mass is 15.0. The van der Waals surface area contributed by atoms with Gasteiger partial charge in [0.05, 0.1) is 0 Å². The Bertz CT molecular complexity index is 126. The fourth-order valence-corrected chi connectivity index (χ4v) is 1.73. The van der Waals surface area contributed by atoms with Gasteiger partial charge in [-0.05, 0) is 32.1 Å². The fraction of sp³-hybridized carbons (Fsp3) is 1.00. The zero-order chi connectivity index (χ0) is 9.03. The van der Waals surface area contributed by atoms with Crippen molar-refractivity contribution in [1.29, 1.82) is 0 Å². The van der Waals surface area contributed by atoms with Gasteiger partial charge < -0.3 is 11.1 Å². The molecule has 0 atom stereocenters. The predicted octanol–water partition coefficient (Wildman–Crippen LogP) is 1.65. The van der Waals surface area contributed by atoms with E-state index in [2.05, 4.69) is 19.2 Å². The topological polar surface area (TPSA) is 38.0 Å². The van der Waals surface area contributed by atoms with Crippen molar-refractivity contribution in [3.05, 3.63) is 0 Å². The summed E-state index contributed by atoms with van der Waals surface area (Å²) in [6.07, 6.45) is 6.17. The van der Waals surface area contributed by atoms with Crippen molar-refractivity contribution in [3.63, 3.8) is 0 Å². The first kappa shape index (κ1) is 10.0. The normalized spacial score (nSPS) is 21.0. The predicted molar refractivity (Wildman–Crippen MR) is 53.1 cm³/mol. The summed E-state index contributed by atoms with van der Waals surface area (Å²) in [4.78, 5) is 0. The first-order chi connectivity index (χ1) is 5.70. The van der Waals surface area contributed by atoms with Gasteiger partial charge in [-0.3, -0.25) is 0 Å². The number of hydrogen-bond donors (Lipinski definition) is 2. The Kier molecular flexibility index (Phi) is 3.53. The second-order valence-electron chi connectivity index (χ2n) is 4.11. The maximum Gasteiger partial charge on any atom is 0.0280 e. The van der Waals surface area contributed by atoms with E-state index in [9.17, 15) is 0 Å². The molecule has 3 N–H and O–H groups in total. The minimum atomic E-state index is 0.141. The Hall–Kier alpha value is -0.0800. The van der Waals surface area contributed by atoms with Gasteiger partial charge in [0.1, 0.15) is 0 Å². The van der Waals surface area contributed by atoms with E-state index in [4.69, 9.17) is 5.73 Å². The summed E-state index contributed by atoms with van der Waals surface area (Å²) in [6, 6.07) is 0.672. The average Bonchev–Trinajstić information content (AvgIpc) is 2.03. The van der Waals surface area contributed by atoms with Gasteiger partial charge >= 0.3 is 0 Å². The van der Waals surface area contributed by atoms with E-state index < -0.39 is 0 Å². The third-order valence-electron chi connectivity index (χ3n) is 3.08. The molecule has 0 spiro atoms. The molecule has 1 saturated carbocycles. The molecule has 0 aromatic heterocycles. The van der Waals surface area contributed by atoms with Gasteiger partial charge in [-0.2, -0.15) is 0 Å². The SMILES string of the molecule is CCC(CC)NCC1(N)CCC1. The molecule has 1 fully saturated rings. The molecule has 0 radical (unpaired) electrons. The zero-order valence-corrected chi connectivity index (χ0v) is 8.40. The molecule has 2 nitrogen and oxygen atoms in total. The molecule has 0 bridgehead atoms. The maximum atomic E-state index is 6.10. The molecule has 0 heterocycles. The molecule has 0 unspecified atom stereocenters. The Morgan fingerprint density at radius 3 is 2.25 bits per heavy atom. The summed E-state index contributed by atoms with van der Waals surface area (Å²) < 4.78 is 0. The van der Waals surface area contributed by atoms with Crippen molar-refractivity contribution in [1.82, 2.24) is 5.32 Å². The highest BCUT2D eigenvalue weighted by Gasteiger charge is 2.32. The standard InChI is InChI=1S/C10H22N2/c1-3-9(4-2)12-8-10(11)6-5-7-10/h9,12H,3-8,11H2,1-2H3. The van der Waals surface area contributed by atoms with Gasteiger partial charge in [0.15, 0.2) is 0 Å². The second kappa shape index (κ2) is 4.24. The van der Waals surface area contributed by atoms with Gasteiger partial charge in [0, 0.05) is 18.1 Å². The van der Waals surface area contributed by atoms with Gasteiger partial charge in [-0.25, -0.2) is 0 Å². The van der Waals surface area contributed by atoms with Gasteiger partial charge in [0.2, 0.25) is 0 Å². The summed E-state index contributed by atoms with van der Waals surface area (Å²) in [6.45, 7) is 5.47. The molecule has 0 saturated heterocycles. The van der Waals surface area contributed by atoms with Crippen LogP contribution < -0.4 is 11.1 Å². The van der Waals surface area contributed by atoms with E-state index in [1.54, 1.807) is 0 Å². The van der Waals surface area contributed by atoms with Gasteiger partial charge in [-0.15, -0.1) is 0 Å². The van der Waals surface area contributed by atoms with Crippen LogP contribution in [0.4, 0.5) is 0 Å². The van der Waals surface area contributed by atoms with E-state index >= 15 is 0 Å². The number of nitrogens with one attached hydrogen (secondary N) is 1. The lowest BCUT2D eigenvalue weighted by molar-refractivity contribution is 0.228. The van der Waals surface area contributed by atoms with Crippen LogP contribution in [0.25, 0.3) is 0 Å². The van der Waals surface area contributed by atoms with Crippen LogP contribution >= 0.6 is 0 Å². The van der Waals surface area contributed by atoms with Crippen LogP contribution in [0.15, 0.2) is 0 Å². The van der Waals surface area contributed by atoms with Crippen LogP contribution in [0.2, 0.25) is 0 Å². The largest absolute Gasteiger partial charge is 0.324 e. The van der Waals surface area contributed by atoms with Crippen molar-refractivity contribution in [2.75, 3.05) is 6.54 Å². The minimum Gasteiger partial charge on any atom is -0.324 e. The molecule has 2 heteroatoms. The highest BCUT2D eigenvalue weighted by molar-refractivity contribution is 4.94. The molecule has 0 aromatic carbocycles. The molecule has 1 aliphatic rings. The number of rotatable bonds is 5. The number of hydrogen-bond acceptors (Lipinski definition) is 2. The Balaban J connectivity index is 2.14. The quantitative estimate of drug-likeness (QED) is 0.658. The molecule has 0 aliphatic heterocycles. The Morgan fingerprint density at radius 1 is 1.33 bits per heavy atom. The highest BCUT2D eigenvalue weighted by Crippen LogP contribution is 2.28. The molecule has 1 rings (SSSR count). The fourth-order valence-electron chi connectivity index (χ4n) is 1.73. The molecular formula is C10H22N2. The molecule has 0 aromatic rings. The molecule has 12 heavy (non-hydrogen) atoms. The molecule has 72 valence electrons. The first-order valence-electron chi connectivity index (χ1n) is 5.22. The summed E-state index contributed by atoms with van der Waals surface area (Å²) >= 11 is 0. The molecule has 0 amide bonds. The van der Waals surface area contributed by atoms with E-state index in [1.807, 2.05) is 0 Å². The van der Waals surface area contributed by atoms with Crippen LogP contribution in [0.5, 0.6) is 0 Å². The smallest absolute Gasteiger partial charge is 0.0280 e. The van der Waals surface area contributed by atoms with E-state index in [1.165, 1.54) is 32.1 Å². The lowest BCUT2D eigenvalue weighted by atomic mass is 9.77.